The number of hydrogen-bond donors (Lipinski definition) is 1. The number of hydrogen-bond acceptors (Lipinski definition) is 3. The number of anilines is 1. The van der Waals surface area contributed by atoms with E-state index in [0.717, 1.165) is 18.0 Å². The SMILES string of the molecule is CC1(C)CNc2cc3c(cc21)OCCO3. The largest absolute Gasteiger partial charge is 0.486 e. The van der Waals surface area contributed by atoms with Crippen LogP contribution in [-0.2, 0) is 5.41 Å². The van der Waals surface area contributed by atoms with E-state index in [-0.39, 0.29) is 5.41 Å². The highest BCUT2D eigenvalue weighted by Gasteiger charge is 2.31. The van der Waals surface area contributed by atoms with Gasteiger partial charge in [0.05, 0.1) is 0 Å². The smallest absolute Gasteiger partial charge is 0.163 e. The second-order valence-electron chi connectivity index (χ2n) is 4.78. The summed E-state index contributed by atoms with van der Waals surface area (Å²) in [5.74, 6) is 1.75. The van der Waals surface area contributed by atoms with Crippen molar-refractivity contribution < 1.29 is 9.47 Å². The van der Waals surface area contributed by atoms with E-state index in [9.17, 15) is 0 Å². The van der Waals surface area contributed by atoms with E-state index in [1.165, 1.54) is 11.3 Å². The summed E-state index contributed by atoms with van der Waals surface area (Å²) in [5.41, 5.74) is 2.70. The number of benzene rings is 1. The highest BCUT2D eigenvalue weighted by Crippen LogP contribution is 2.43. The zero-order chi connectivity index (χ0) is 10.5. The summed E-state index contributed by atoms with van der Waals surface area (Å²) >= 11 is 0. The van der Waals surface area contributed by atoms with Gasteiger partial charge in [-0.3, -0.25) is 0 Å². The van der Waals surface area contributed by atoms with E-state index in [1.807, 2.05) is 0 Å². The van der Waals surface area contributed by atoms with Crippen LogP contribution >= 0.6 is 0 Å². The summed E-state index contributed by atoms with van der Waals surface area (Å²) in [6, 6.07) is 4.17. The third kappa shape index (κ3) is 1.26. The lowest BCUT2D eigenvalue weighted by Gasteiger charge is -2.22. The maximum Gasteiger partial charge on any atom is 0.163 e. The van der Waals surface area contributed by atoms with Gasteiger partial charge in [0.15, 0.2) is 11.5 Å². The van der Waals surface area contributed by atoms with Crippen molar-refractivity contribution in [3.8, 4) is 11.5 Å². The Morgan fingerprint density at radius 3 is 2.53 bits per heavy atom. The van der Waals surface area contributed by atoms with Gasteiger partial charge in [0.2, 0.25) is 0 Å². The van der Waals surface area contributed by atoms with Gasteiger partial charge in [0, 0.05) is 23.7 Å². The Kier molecular flexibility index (Phi) is 1.67. The van der Waals surface area contributed by atoms with Gasteiger partial charge in [-0.2, -0.15) is 0 Å². The third-order valence-electron chi connectivity index (χ3n) is 3.13. The molecule has 0 saturated heterocycles. The van der Waals surface area contributed by atoms with Gasteiger partial charge in [-0.05, 0) is 11.6 Å². The van der Waals surface area contributed by atoms with Gasteiger partial charge in [-0.1, -0.05) is 13.8 Å². The maximum absolute atomic E-state index is 5.59. The maximum atomic E-state index is 5.59. The first-order valence-corrected chi connectivity index (χ1v) is 5.35. The van der Waals surface area contributed by atoms with E-state index >= 15 is 0 Å². The molecule has 3 rings (SSSR count). The average molecular weight is 205 g/mol. The van der Waals surface area contributed by atoms with E-state index in [0.29, 0.717) is 13.2 Å². The molecular weight excluding hydrogens is 190 g/mol. The van der Waals surface area contributed by atoms with E-state index in [1.54, 1.807) is 0 Å². The molecule has 0 radical (unpaired) electrons. The van der Waals surface area contributed by atoms with Gasteiger partial charge in [0.1, 0.15) is 13.2 Å². The standard InChI is InChI=1S/C12H15NO2/c1-12(2)7-13-9-6-11-10(5-8(9)12)14-3-4-15-11/h5-6,13H,3-4,7H2,1-2H3. The molecule has 0 spiro atoms. The normalized spacial score (nSPS) is 20.7. The van der Waals surface area contributed by atoms with Crippen molar-refractivity contribution in [3.05, 3.63) is 17.7 Å². The number of ether oxygens (including phenoxy) is 2. The van der Waals surface area contributed by atoms with Gasteiger partial charge in [-0.15, -0.1) is 0 Å². The molecule has 80 valence electrons. The Balaban J connectivity index is 2.13. The summed E-state index contributed by atoms with van der Waals surface area (Å²) in [6.45, 7) is 6.75. The van der Waals surface area contributed by atoms with Crippen LogP contribution < -0.4 is 14.8 Å². The molecule has 0 amide bonds. The van der Waals surface area contributed by atoms with Crippen molar-refractivity contribution in [2.45, 2.75) is 19.3 Å². The molecule has 2 heterocycles. The monoisotopic (exact) mass is 205 g/mol. The fourth-order valence-electron chi connectivity index (χ4n) is 2.21. The van der Waals surface area contributed by atoms with Gasteiger partial charge < -0.3 is 14.8 Å². The number of nitrogens with one attached hydrogen (secondary N) is 1. The van der Waals surface area contributed by atoms with Crippen LogP contribution in [0.1, 0.15) is 19.4 Å². The lowest BCUT2D eigenvalue weighted by molar-refractivity contribution is 0.171. The zero-order valence-electron chi connectivity index (χ0n) is 9.09. The van der Waals surface area contributed by atoms with Crippen LogP contribution in [-0.4, -0.2) is 19.8 Å². The molecule has 0 aliphatic carbocycles. The predicted octanol–water partition coefficient (Wildman–Crippen LogP) is 2.16. The molecule has 15 heavy (non-hydrogen) atoms. The van der Waals surface area contributed by atoms with Crippen molar-refractivity contribution in [2.24, 2.45) is 0 Å². The van der Waals surface area contributed by atoms with Crippen LogP contribution in [0.2, 0.25) is 0 Å². The van der Waals surface area contributed by atoms with Gasteiger partial charge >= 0.3 is 0 Å². The minimum atomic E-state index is 0.186. The topological polar surface area (TPSA) is 30.5 Å². The van der Waals surface area contributed by atoms with Crippen LogP contribution in [0.3, 0.4) is 0 Å². The van der Waals surface area contributed by atoms with E-state index in [2.05, 4.69) is 31.3 Å². The van der Waals surface area contributed by atoms with Crippen molar-refractivity contribution in [1.82, 2.24) is 0 Å². The molecule has 3 nitrogen and oxygen atoms in total. The first-order chi connectivity index (χ1) is 7.17. The Bertz CT molecular complexity index is 412. The second kappa shape index (κ2) is 2.81. The molecule has 3 heteroatoms. The molecule has 0 saturated carbocycles. The summed E-state index contributed by atoms with van der Waals surface area (Å²) in [4.78, 5) is 0. The fourth-order valence-corrected chi connectivity index (χ4v) is 2.21. The Morgan fingerprint density at radius 2 is 1.80 bits per heavy atom. The second-order valence-corrected chi connectivity index (χ2v) is 4.78. The van der Waals surface area contributed by atoms with Crippen LogP contribution in [0.4, 0.5) is 5.69 Å². The summed E-state index contributed by atoms with van der Waals surface area (Å²) in [6.07, 6.45) is 0. The molecule has 1 aromatic rings. The molecule has 2 aliphatic heterocycles. The van der Waals surface area contributed by atoms with E-state index < -0.39 is 0 Å². The zero-order valence-corrected chi connectivity index (χ0v) is 9.09. The van der Waals surface area contributed by atoms with Crippen LogP contribution in [0.15, 0.2) is 12.1 Å². The molecule has 1 N–H and O–H groups in total. The van der Waals surface area contributed by atoms with E-state index in [4.69, 9.17) is 9.47 Å². The lowest BCUT2D eigenvalue weighted by Crippen LogP contribution is -2.19. The molecule has 0 bridgehead atoms. The summed E-state index contributed by atoms with van der Waals surface area (Å²) in [7, 11) is 0. The average Bonchev–Trinajstić information content (AvgIpc) is 2.52. The number of rotatable bonds is 0. The third-order valence-corrected chi connectivity index (χ3v) is 3.13. The van der Waals surface area contributed by atoms with Crippen molar-refractivity contribution >= 4 is 5.69 Å². The fraction of sp³-hybridized carbons (Fsp3) is 0.500. The Labute approximate surface area is 89.4 Å². The van der Waals surface area contributed by atoms with Gasteiger partial charge in [-0.25, -0.2) is 0 Å². The van der Waals surface area contributed by atoms with Gasteiger partial charge in [0.25, 0.3) is 0 Å². The molecule has 1 aromatic carbocycles. The highest BCUT2D eigenvalue weighted by atomic mass is 16.6. The highest BCUT2D eigenvalue weighted by molar-refractivity contribution is 5.66. The van der Waals surface area contributed by atoms with Crippen molar-refractivity contribution in [2.75, 3.05) is 25.1 Å². The van der Waals surface area contributed by atoms with Crippen LogP contribution in [0.25, 0.3) is 0 Å². The molecule has 0 fully saturated rings. The first-order valence-electron chi connectivity index (χ1n) is 5.35. The van der Waals surface area contributed by atoms with Crippen LogP contribution in [0, 0.1) is 0 Å². The molecule has 0 atom stereocenters. The molecule has 0 unspecified atom stereocenters. The van der Waals surface area contributed by atoms with Crippen LogP contribution in [0.5, 0.6) is 11.5 Å². The molecule has 0 aromatic heterocycles. The minimum absolute atomic E-state index is 0.186. The summed E-state index contributed by atoms with van der Waals surface area (Å²) in [5, 5.41) is 3.40. The quantitative estimate of drug-likeness (QED) is 0.704. The first kappa shape index (κ1) is 8.89. The Morgan fingerprint density at radius 1 is 1.13 bits per heavy atom. The summed E-state index contributed by atoms with van der Waals surface area (Å²) < 4.78 is 11.1. The minimum Gasteiger partial charge on any atom is -0.486 e. The van der Waals surface area contributed by atoms with Crippen molar-refractivity contribution in [3.63, 3.8) is 0 Å². The lowest BCUT2D eigenvalue weighted by atomic mass is 9.87. The molecule has 2 aliphatic rings. The number of fused-ring (bicyclic) bond motifs is 2. The van der Waals surface area contributed by atoms with Crippen molar-refractivity contribution in [1.29, 1.82) is 0 Å². The predicted molar refractivity (Wildman–Crippen MR) is 58.9 cm³/mol. The molecular formula is C12H15NO2. The Hall–Kier alpha value is -1.38.